The number of aliphatic imine (C=N–C) groups is 3. The lowest BCUT2D eigenvalue weighted by Gasteiger charge is -2.40. The highest BCUT2D eigenvalue weighted by Gasteiger charge is 2.46. The van der Waals surface area contributed by atoms with Gasteiger partial charge in [0.25, 0.3) is 0 Å². The summed E-state index contributed by atoms with van der Waals surface area (Å²) in [6.07, 6.45) is -8.51. The first-order chi connectivity index (χ1) is 25.1. The Hall–Kier alpha value is -5.40. The maximum absolute atomic E-state index is 14.2. The minimum Gasteiger partial charge on any atom is -0.486 e. The van der Waals surface area contributed by atoms with Crippen molar-refractivity contribution in [3.8, 4) is 11.5 Å². The zero-order valence-electron chi connectivity index (χ0n) is 27.2. The molecule has 3 aromatic rings. The number of hydrogen-bond acceptors (Lipinski definition) is 16. The van der Waals surface area contributed by atoms with Crippen molar-refractivity contribution in [3.63, 3.8) is 0 Å². The Morgan fingerprint density at radius 2 is 1.65 bits per heavy atom. The van der Waals surface area contributed by atoms with Crippen molar-refractivity contribution in [2.75, 3.05) is 31.4 Å². The van der Waals surface area contributed by atoms with Crippen molar-refractivity contribution in [1.82, 2.24) is 0 Å². The van der Waals surface area contributed by atoms with Crippen molar-refractivity contribution < 1.29 is 59.2 Å². The molecule has 3 heterocycles. The summed E-state index contributed by atoms with van der Waals surface area (Å²) in [7, 11) is 0. The number of nitrogens with two attached hydrogens (primary N) is 1. The van der Waals surface area contributed by atoms with Crippen LogP contribution in [0.15, 0.2) is 63.5 Å². The van der Waals surface area contributed by atoms with E-state index in [4.69, 9.17) is 19.9 Å². The predicted molar refractivity (Wildman–Crippen MR) is 181 cm³/mol. The van der Waals surface area contributed by atoms with Crippen molar-refractivity contribution in [2.45, 2.75) is 43.7 Å². The quantitative estimate of drug-likeness (QED) is 0.0993. The van der Waals surface area contributed by atoms with Crippen LogP contribution in [0.2, 0.25) is 0 Å². The van der Waals surface area contributed by atoms with E-state index in [9.17, 15) is 45.0 Å². The van der Waals surface area contributed by atoms with Crippen LogP contribution >= 0.6 is 0 Å². The number of para-hydroxylation sites is 1. The number of anilines is 1. The zero-order chi connectivity index (χ0) is 36.8. The maximum Gasteiger partial charge on any atom is 0.302 e. The second-order valence-corrected chi connectivity index (χ2v) is 12.3. The van der Waals surface area contributed by atoms with Crippen LogP contribution in [0.5, 0.6) is 11.5 Å². The van der Waals surface area contributed by atoms with Crippen LogP contribution in [0.25, 0.3) is 0 Å². The van der Waals surface area contributed by atoms with Gasteiger partial charge in [0.05, 0.1) is 25.4 Å². The molecule has 1 fully saturated rings. The summed E-state index contributed by atoms with van der Waals surface area (Å²) < 4.78 is 17.8. The van der Waals surface area contributed by atoms with Crippen molar-refractivity contribution in [3.05, 3.63) is 87.5 Å². The van der Waals surface area contributed by atoms with Gasteiger partial charge in [0.1, 0.15) is 37.7 Å². The molecule has 0 radical (unpaired) electrons. The number of carbonyl (C=O) groups is 3. The summed E-state index contributed by atoms with van der Waals surface area (Å²) in [5, 5.41) is 61.3. The maximum atomic E-state index is 14.2. The molecule has 0 unspecified atom stereocenters. The van der Waals surface area contributed by atoms with E-state index in [2.05, 4.69) is 15.0 Å². The van der Waals surface area contributed by atoms with Gasteiger partial charge in [-0.2, -0.15) is 9.98 Å². The number of fused-ring (bicyclic) bond motifs is 3. The first-order valence-corrected chi connectivity index (χ1v) is 16.2. The molecule has 0 bridgehead atoms. The number of amides is 1. The van der Waals surface area contributed by atoms with Gasteiger partial charge in [0.2, 0.25) is 12.2 Å². The van der Waals surface area contributed by atoms with Gasteiger partial charge in [0.15, 0.2) is 34.6 Å². The molecule has 1 saturated heterocycles. The third kappa shape index (κ3) is 5.93. The van der Waals surface area contributed by atoms with Crippen LogP contribution < -0.4 is 20.1 Å². The van der Waals surface area contributed by atoms with Gasteiger partial charge in [-0.1, -0.05) is 24.3 Å². The molecule has 1 amide bonds. The van der Waals surface area contributed by atoms with E-state index in [0.29, 0.717) is 16.8 Å². The Balaban J connectivity index is 1.40. The van der Waals surface area contributed by atoms with E-state index in [1.807, 2.05) is 0 Å². The van der Waals surface area contributed by atoms with Gasteiger partial charge >= 0.3 is 5.91 Å². The highest BCUT2D eigenvalue weighted by Crippen LogP contribution is 2.45. The number of ether oxygens (including phenoxy) is 3. The normalized spacial score (nSPS) is 23.7. The molecule has 0 spiro atoms. The molecular weight excluding hydrogens is 682 g/mol. The van der Waals surface area contributed by atoms with E-state index < -0.39 is 68.0 Å². The van der Waals surface area contributed by atoms with Crippen molar-refractivity contribution >= 4 is 40.7 Å². The number of amidine groups is 1. The van der Waals surface area contributed by atoms with Gasteiger partial charge < -0.3 is 55.5 Å². The van der Waals surface area contributed by atoms with E-state index in [0.717, 1.165) is 0 Å². The molecule has 0 saturated carbocycles. The zero-order valence-corrected chi connectivity index (χ0v) is 27.2. The fraction of sp³-hybridized carbons (Fsp3) is 0.314. The first kappa shape index (κ1) is 35.0. The molecule has 17 heteroatoms. The van der Waals surface area contributed by atoms with E-state index in [-0.39, 0.29) is 76.5 Å². The van der Waals surface area contributed by atoms with Crippen LogP contribution in [0.4, 0.5) is 5.69 Å². The Kier molecular flexibility index (Phi) is 9.40. The molecule has 4 aliphatic rings. The largest absolute Gasteiger partial charge is 0.486 e. The molecular formula is C35H33N5O12. The molecule has 1 aliphatic carbocycles. The minimum atomic E-state index is -1.86. The Morgan fingerprint density at radius 3 is 2.40 bits per heavy atom. The van der Waals surface area contributed by atoms with Crippen LogP contribution in [0.3, 0.4) is 0 Å². The van der Waals surface area contributed by atoms with Crippen LogP contribution in [-0.2, 0) is 22.6 Å². The molecule has 8 N–H and O–H groups in total. The SMILES string of the molecule is NC1=NC(=O)C2=NCN(c3ccccc3Cc3cc4c(c(OCCO)c3O[C@H]3O[C@@H](CO)[C@H](O)[C@@H](O)[C@@H]3O)C(=O)c3cc(CO)ccc3C4=O)C2=N1. The molecule has 7 rings (SSSR count). The van der Waals surface area contributed by atoms with Gasteiger partial charge in [-0.3, -0.25) is 19.4 Å². The second-order valence-electron chi connectivity index (χ2n) is 12.3. The highest BCUT2D eigenvalue weighted by atomic mass is 16.7. The number of nitrogens with zero attached hydrogens (tertiary/aromatic N) is 4. The summed E-state index contributed by atoms with van der Waals surface area (Å²) in [5.41, 5.74) is 7.30. The Morgan fingerprint density at radius 1 is 0.865 bits per heavy atom. The van der Waals surface area contributed by atoms with Crippen molar-refractivity contribution in [2.24, 2.45) is 20.7 Å². The van der Waals surface area contributed by atoms with Gasteiger partial charge in [-0.15, -0.1) is 0 Å². The van der Waals surface area contributed by atoms with Crippen LogP contribution in [0.1, 0.15) is 48.5 Å². The fourth-order valence-corrected chi connectivity index (χ4v) is 6.57. The molecule has 3 aliphatic heterocycles. The number of ketones is 2. The number of guanidine groups is 1. The molecule has 270 valence electrons. The number of carbonyl (C=O) groups excluding carboxylic acids is 3. The van der Waals surface area contributed by atoms with E-state index >= 15 is 0 Å². The van der Waals surface area contributed by atoms with E-state index in [1.54, 1.807) is 29.2 Å². The number of rotatable bonds is 10. The van der Waals surface area contributed by atoms with Crippen LogP contribution in [-0.4, -0.2) is 123 Å². The van der Waals surface area contributed by atoms with Crippen LogP contribution in [0, 0.1) is 0 Å². The lowest BCUT2D eigenvalue weighted by atomic mass is 9.81. The summed E-state index contributed by atoms with van der Waals surface area (Å²) in [6, 6.07) is 12.8. The third-order valence-corrected chi connectivity index (χ3v) is 9.10. The fourth-order valence-electron chi connectivity index (χ4n) is 6.57. The number of benzene rings is 3. The summed E-state index contributed by atoms with van der Waals surface area (Å²) in [6.45, 7) is -2.03. The summed E-state index contributed by atoms with van der Waals surface area (Å²) >= 11 is 0. The van der Waals surface area contributed by atoms with E-state index in [1.165, 1.54) is 24.3 Å². The Labute approximate surface area is 294 Å². The molecule has 17 nitrogen and oxygen atoms in total. The number of aliphatic hydroxyl groups excluding tert-OH is 6. The molecule has 52 heavy (non-hydrogen) atoms. The molecule has 0 aromatic heterocycles. The first-order valence-electron chi connectivity index (χ1n) is 16.2. The summed E-state index contributed by atoms with van der Waals surface area (Å²) in [5.74, 6) is -2.40. The predicted octanol–water partition coefficient (Wildman–Crippen LogP) is -1.43. The third-order valence-electron chi connectivity index (χ3n) is 9.10. The lowest BCUT2D eigenvalue weighted by molar-refractivity contribution is -0.277. The monoisotopic (exact) mass is 715 g/mol. The topological polar surface area (TPSA) is 267 Å². The van der Waals surface area contributed by atoms with Gasteiger partial charge in [0, 0.05) is 34.4 Å². The van der Waals surface area contributed by atoms with Crippen molar-refractivity contribution in [1.29, 1.82) is 0 Å². The number of hydrogen-bond donors (Lipinski definition) is 7. The highest BCUT2D eigenvalue weighted by molar-refractivity contribution is 6.72. The second kappa shape index (κ2) is 14.0. The van der Waals surface area contributed by atoms with Gasteiger partial charge in [-0.05, 0) is 35.4 Å². The number of aliphatic hydroxyl groups is 6. The summed E-state index contributed by atoms with van der Waals surface area (Å²) in [4.78, 5) is 54.6. The molecule has 3 aromatic carbocycles. The molecule has 5 atom stereocenters. The Bertz CT molecular complexity index is 2080. The average molecular weight is 716 g/mol. The minimum absolute atomic E-state index is 0.00257. The standard InChI is InChI=1S/C35H33N5O12/c36-35-38-32-24(33(49)39-35)37-14-40(32)21-4-2-1-3-16(21)10-17-11-20-23(26(45)19-9-15(12-42)5-6-18(19)25(20)44)31(50-8-7-41)30(17)52-34-29(48)28(47)27(46)22(13-43)51-34/h1-6,9,11,22,27-29,34,41-43,46-48H,7-8,10,12-14H2,(H2,36,39,49)/t22-,27-,28+,29-,34+/m0/s1. The average Bonchev–Trinajstić information content (AvgIpc) is 3.57. The van der Waals surface area contributed by atoms with Gasteiger partial charge in [-0.25, -0.2) is 0 Å². The smallest absolute Gasteiger partial charge is 0.302 e. The lowest BCUT2D eigenvalue weighted by Crippen LogP contribution is -2.60.